The van der Waals surface area contributed by atoms with Crippen LogP contribution in [0.5, 0.6) is 0 Å². The van der Waals surface area contributed by atoms with Crippen molar-refractivity contribution in [2.24, 2.45) is 0 Å². The lowest BCUT2D eigenvalue weighted by molar-refractivity contribution is -0.149. The zero-order chi connectivity index (χ0) is 45.2. The van der Waals surface area contributed by atoms with Gasteiger partial charge < -0.3 is 0 Å². The van der Waals surface area contributed by atoms with E-state index in [0.29, 0.717) is 0 Å². The Kier molecular flexibility index (Phi) is 10.1. The van der Waals surface area contributed by atoms with Crippen LogP contribution in [0.2, 0.25) is 0 Å². The van der Waals surface area contributed by atoms with Gasteiger partial charge in [-0.25, -0.2) is 8.78 Å². The largest absolute Gasteiger partial charge is 0.419 e. The Bertz CT molecular complexity index is 2710. The van der Waals surface area contributed by atoms with Crippen LogP contribution in [-0.4, -0.2) is 0 Å². The Morgan fingerprint density at radius 1 is 0.383 bits per heavy atom. The summed E-state index contributed by atoms with van der Waals surface area (Å²) < 4.78 is 198. The summed E-state index contributed by atoms with van der Waals surface area (Å²) in [6, 6.07) is 9.31. The van der Waals surface area contributed by atoms with Crippen molar-refractivity contribution in [3.8, 4) is 48.6 Å². The van der Waals surface area contributed by atoms with Crippen LogP contribution in [0, 0.1) is 102 Å². The van der Waals surface area contributed by atoms with Crippen LogP contribution >= 0.6 is 0 Å². The van der Waals surface area contributed by atoms with Gasteiger partial charge in [-0.1, -0.05) is 0 Å². The third-order valence-electron chi connectivity index (χ3n) is 8.84. The van der Waals surface area contributed by atoms with Crippen LogP contribution in [0.25, 0.3) is 33.4 Å². The number of benzene rings is 3. The minimum atomic E-state index is -5.92. The summed E-state index contributed by atoms with van der Waals surface area (Å²) >= 11 is 0. The standard InChI is InChI=1S/C38H4F14N8/c39-33-21(35(41,42)43)1-13(2-22(33)36(44,45)46)25-17(9-57)29-19(11-59)32-28(16(7-55)8-56)26(14-3-23(37(47,48)49)34(40)24(4-14)38(50,51)52)18(10-58)30(32)20(12-60)31(29)27(25)15(5-53)6-54/h1-4H. The molecule has 2 aliphatic rings. The SMILES string of the molecule is N#CC(C#N)=C1C(c2cc(C(F)(F)F)c(F)c(C(F)(F)F)c2)=C(C#N)c2c(C#N)c3c(c(C#N)c21)C(C#N)=C(c1cc(C(F)(F)F)c(F)c(C(F)(F)F)c1)C3=C(C#N)C#N. The number of alkyl halides is 12. The first-order chi connectivity index (χ1) is 27.8. The number of nitriles is 8. The van der Waals surface area contributed by atoms with Crippen molar-refractivity contribution in [2.75, 3.05) is 0 Å². The topological polar surface area (TPSA) is 190 Å². The van der Waals surface area contributed by atoms with Gasteiger partial charge in [-0.15, -0.1) is 0 Å². The van der Waals surface area contributed by atoms with Crippen molar-refractivity contribution in [3.05, 3.63) is 114 Å². The summed E-state index contributed by atoms with van der Waals surface area (Å²) in [7, 11) is 0. The predicted octanol–water partition coefficient (Wildman–Crippen LogP) is 10.3. The Labute approximate surface area is 324 Å². The van der Waals surface area contributed by atoms with E-state index in [-0.39, 0.29) is 24.3 Å². The molecule has 22 heteroatoms. The minimum absolute atomic E-state index is 0.278. The summed E-state index contributed by atoms with van der Waals surface area (Å²) in [4.78, 5) is 0. The van der Waals surface area contributed by atoms with Crippen LogP contribution in [0.4, 0.5) is 61.5 Å². The summed E-state index contributed by atoms with van der Waals surface area (Å²) in [5, 5.41) is 81.8. The van der Waals surface area contributed by atoms with Gasteiger partial charge in [0.25, 0.3) is 0 Å². The van der Waals surface area contributed by atoms with Crippen molar-refractivity contribution in [1.82, 2.24) is 0 Å². The monoisotopic (exact) mass is 838 g/mol. The molecule has 0 atom stereocenters. The summed E-state index contributed by atoms with van der Waals surface area (Å²) in [5.74, 6) is -5.74. The third-order valence-corrected chi connectivity index (χ3v) is 8.84. The molecular formula is C38H4F14N8. The molecule has 0 spiro atoms. The summed E-state index contributed by atoms with van der Waals surface area (Å²) in [6.45, 7) is 0. The molecule has 0 radical (unpaired) electrons. The number of hydrogen-bond acceptors (Lipinski definition) is 8. The maximum atomic E-state index is 14.8. The first kappa shape index (κ1) is 42.7. The molecule has 8 nitrogen and oxygen atoms in total. The Morgan fingerprint density at radius 3 is 0.817 bits per heavy atom. The quantitative estimate of drug-likeness (QED) is 0.180. The van der Waals surface area contributed by atoms with Crippen LogP contribution < -0.4 is 0 Å². The highest BCUT2D eigenvalue weighted by Crippen LogP contribution is 2.59. The highest BCUT2D eigenvalue weighted by molar-refractivity contribution is 6.32. The van der Waals surface area contributed by atoms with Crippen molar-refractivity contribution in [1.29, 1.82) is 42.1 Å². The molecule has 0 fully saturated rings. The van der Waals surface area contributed by atoms with Gasteiger partial charge in [0.05, 0.1) is 44.5 Å². The van der Waals surface area contributed by atoms with Gasteiger partial charge in [0.1, 0.15) is 71.3 Å². The number of hydrogen-bond donors (Lipinski definition) is 0. The van der Waals surface area contributed by atoms with Crippen LogP contribution in [0.15, 0.2) is 35.4 Å². The minimum Gasteiger partial charge on any atom is -0.206 e. The van der Waals surface area contributed by atoms with E-state index in [2.05, 4.69) is 0 Å². The van der Waals surface area contributed by atoms with Crippen molar-refractivity contribution in [3.63, 3.8) is 0 Å². The lowest BCUT2D eigenvalue weighted by Gasteiger charge is -2.18. The average Bonchev–Trinajstić information content (AvgIpc) is 3.67. The molecule has 0 saturated heterocycles. The second kappa shape index (κ2) is 14.2. The van der Waals surface area contributed by atoms with E-state index < -0.39 is 148 Å². The van der Waals surface area contributed by atoms with Crippen LogP contribution in [0.3, 0.4) is 0 Å². The molecule has 0 saturated carbocycles. The second-order valence-electron chi connectivity index (χ2n) is 11.9. The number of allylic oxidation sites excluding steroid dienone is 8. The van der Waals surface area contributed by atoms with Crippen molar-refractivity contribution >= 4 is 33.4 Å². The van der Waals surface area contributed by atoms with E-state index in [4.69, 9.17) is 0 Å². The maximum Gasteiger partial charge on any atom is 0.419 e. The molecule has 2 aliphatic carbocycles. The molecule has 5 rings (SSSR count). The molecule has 294 valence electrons. The van der Waals surface area contributed by atoms with Gasteiger partial charge in [0.15, 0.2) is 0 Å². The van der Waals surface area contributed by atoms with Crippen molar-refractivity contribution < 1.29 is 61.5 Å². The van der Waals surface area contributed by atoms with Crippen LogP contribution in [0.1, 0.15) is 66.8 Å². The Balaban J connectivity index is 2.14. The highest BCUT2D eigenvalue weighted by Gasteiger charge is 2.48. The number of rotatable bonds is 2. The molecule has 0 N–H and O–H groups in total. The molecule has 0 bridgehead atoms. The third kappa shape index (κ3) is 6.36. The first-order valence-corrected chi connectivity index (χ1v) is 15.2. The zero-order valence-corrected chi connectivity index (χ0v) is 28.2. The fourth-order valence-corrected chi connectivity index (χ4v) is 6.66. The van der Waals surface area contributed by atoms with Gasteiger partial charge in [-0.2, -0.15) is 94.8 Å². The fraction of sp³-hybridized carbons (Fsp3) is 0.105. The predicted molar refractivity (Wildman–Crippen MR) is 170 cm³/mol. The van der Waals surface area contributed by atoms with Gasteiger partial charge in [0, 0.05) is 44.5 Å². The highest BCUT2D eigenvalue weighted by atomic mass is 19.4. The molecule has 0 aliphatic heterocycles. The molecule has 0 amide bonds. The number of nitrogens with zero attached hydrogens (tertiary/aromatic N) is 8. The lowest BCUT2D eigenvalue weighted by atomic mass is 9.82. The van der Waals surface area contributed by atoms with E-state index in [1.165, 1.54) is 48.6 Å². The lowest BCUT2D eigenvalue weighted by Crippen LogP contribution is -2.16. The van der Waals surface area contributed by atoms with E-state index in [1.807, 2.05) is 0 Å². The summed E-state index contributed by atoms with van der Waals surface area (Å²) in [6.07, 6.45) is -23.7. The van der Waals surface area contributed by atoms with E-state index in [1.54, 1.807) is 0 Å². The average molecular weight is 838 g/mol. The fourth-order valence-electron chi connectivity index (χ4n) is 6.66. The van der Waals surface area contributed by atoms with Crippen LogP contribution in [-0.2, 0) is 24.7 Å². The Hall–Kier alpha value is -8.44. The zero-order valence-electron chi connectivity index (χ0n) is 28.2. The van der Waals surface area contributed by atoms with E-state index in [0.717, 1.165) is 0 Å². The Morgan fingerprint density at radius 2 is 0.633 bits per heavy atom. The van der Waals surface area contributed by atoms with E-state index >= 15 is 0 Å². The molecule has 3 aromatic carbocycles. The van der Waals surface area contributed by atoms with E-state index in [9.17, 15) is 104 Å². The number of fused-ring (bicyclic) bond motifs is 2. The second-order valence-corrected chi connectivity index (χ2v) is 11.9. The molecule has 3 aromatic rings. The van der Waals surface area contributed by atoms with Gasteiger partial charge in [-0.05, 0) is 35.4 Å². The van der Waals surface area contributed by atoms with Crippen molar-refractivity contribution in [2.45, 2.75) is 24.7 Å². The smallest absolute Gasteiger partial charge is 0.206 e. The number of halogens is 14. The molecule has 0 heterocycles. The molecule has 60 heavy (non-hydrogen) atoms. The van der Waals surface area contributed by atoms with Gasteiger partial charge in [-0.3, -0.25) is 0 Å². The first-order valence-electron chi connectivity index (χ1n) is 15.2. The molecule has 0 aromatic heterocycles. The normalized spacial score (nSPS) is 13.5. The molecule has 0 unspecified atom stereocenters. The maximum absolute atomic E-state index is 14.8. The van der Waals surface area contributed by atoms with Gasteiger partial charge in [0.2, 0.25) is 0 Å². The summed E-state index contributed by atoms with van der Waals surface area (Å²) in [5.41, 5.74) is -30.0. The van der Waals surface area contributed by atoms with Gasteiger partial charge >= 0.3 is 24.7 Å². The molecular weight excluding hydrogens is 834 g/mol.